The van der Waals surface area contributed by atoms with Crippen molar-refractivity contribution in [1.29, 1.82) is 0 Å². The molecule has 4 aliphatic rings. The number of fused-ring (bicyclic) bond motifs is 2. The van der Waals surface area contributed by atoms with Gasteiger partial charge in [0.2, 0.25) is 0 Å². The molecule has 2 aromatic carbocycles. The third-order valence-electron chi connectivity index (χ3n) is 13.7. The van der Waals surface area contributed by atoms with E-state index in [9.17, 15) is 19.5 Å². The van der Waals surface area contributed by atoms with E-state index in [4.69, 9.17) is 4.74 Å². The number of piperidine rings is 2. The number of rotatable bonds is 9. The van der Waals surface area contributed by atoms with Crippen LogP contribution in [0.2, 0.25) is 0 Å². The molecule has 2 aromatic heterocycles. The number of carbonyl (C=O) groups is 1. The molecule has 2 aliphatic carbocycles. The summed E-state index contributed by atoms with van der Waals surface area (Å²) in [4.78, 5) is 49.2. The molecule has 312 valence electrons. The lowest BCUT2D eigenvalue weighted by atomic mass is 9.88. The van der Waals surface area contributed by atoms with Crippen molar-refractivity contribution < 1.29 is 14.6 Å². The quantitative estimate of drug-likeness (QED) is 0.149. The Morgan fingerprint density at radius 2 is 1.11 bits per heavy atom. The number of benzene rings is 2. The number of aromatic amines is 2. The monoisotopic (exact) mass is 785 g/mol. The number of ether oxygens (including phenoxy) is 1. The van der Waals surface area contributed by atoms with Gasteiger partial charge in [0, 0.05) is 57.8 Å². The lowest BCUT2D eigenvalue weighted by Gasteiger charge is -2.40. The molecule has 4 fully saturated rings. The Balaban J connectivity index is 0.000000175. The van der Waals surface area contributed by atoms with Gasteiger partial charge in [-0.15, -0.1) is 0 Å². The van der Waals surface area contributed by atoms with E-state index in [0.29, 0.717) is 13.2 Å². The Labute approximate surface area is 338 Å². The second kappa shape index (κ2) is 20.3. The summed E-state index contributed by atoms with van der Waals surface area (Å²) in [7, 11) is 0. The van der Waals surface area contributed by atoms with E-state index in [0.717, 1.165) is 79.5 Å². The summed E-state index contributed by atoms with van der Waals surface area (Å²) in [6.45, 7) is 8.07. The van der Waals surface area contributed by atoms with Gasteiger partial charge in [0.1, 0.15) is 0 Å². The fourth-order valence-corrected chi connectivity index (χ4v) is 10.7. The highest BCUT2D eigenvalue weighted by atomic mass is 16.5. The Morgan fingerprint density at radius 3 is 1.61 bits per heavy atom. The summed E-state index contributed by atoms with van der Waals surface area (Å²) in [5.41, 5.74) is 3.35. The molecular weight excluding hydrogens is 717 g/mol. The molecule has 2 aliphatic heterocycles. The van der Waals surface area contributed by atoms with E-state index in [1.165, 1.54) is 89.9 Å². The number of nitrogens with one attached hydrogen (secondary N) is 2. The van der Waals surface area contributed by atoms with Gasteiger partial charge in [0.15, 0.2) is 0 Å². The van der Waals surface area contributed by atoms with Crippen LogP contribution in [-0.2, 0) is 9.53 Å². The minimum atomic E-state index is -0.316. The third-order valence-corrected chi connectivity index (χ3v) is 13.7. The van der Waals surface area contributed by atoms with E-state index >= 15 is 0 Å². The molecule has 57 heavy (non-hydrogen) atoms. The molecule has 2 saturated heterocycles. The second-order valence-corrected chi connectivity index (χ2v) is 17.6. The molecule has 2 saturated carbocycles. The van der Waals surface area contributed by atoms with Crippen LogP contribution in [0.5, 0.6) is 0 Å². The van der Waals surface area contributed by atoms with Gasteiger partial charge in [-0.25, -0.2) is 9.59 Å². The predicted octanol–water partition coefficient (Wildman–Crippen LogP) is 7.66. The topological polar surface area (TPSA) is 129 Å². The van der Waals surface area contributed by atoms with Crippen LogP contribution >= 0.6 is 0 Å². The minimum Gasteiger partial charge on any atom is -0.466 e. The number of hydrogen-bond donors (Lipinski definition) is 3. The van der Waals surface area contributed by atoms with Gasteiger partial charge >= 0.3 is 17.3 Å². The van der Waals surface area contributed by atoms with E-state index in [1.807, 2.05) is 60.0 Å². The molecule has 0 bridgehead atoms. The number of aliphatic hydroxyl groups is 1. The first-order valence-corrected chi connectivity index (χ1v) is 22.5. The van der Waals surface area contributed by atoms with Gasteiger partial charge in [-0.05, 0) is 81.5 Å². The first-order chi connectivity index (χ1) is 27.9. The maximum Gasteiger partial charge on any atom is 0.326 e. The first-order valence-electron chi connectivity index (χ1n) is 22.5. The van der Waals surface area contributed by atoms with Crippen molar-refractivity contribution in [2.24, 2.45) is 23.7 Å². The van der Waals surface area contributed by atoms with Gasteiger partial charge in [0.05, 0.1) is 40.6 Å². The fourth-order valence-electron chi connectivity index (χ4n) is 10.7. The highest BCUT2D eigenvalue weighted by molar-refractivity contribution is 5.77. The van der Waals surface area contributed by atoms with E-state index in [2.05, 4.69) is 19.8 Å². The van der Waals surface area contributed by atoms with E-state index in [1.54, 1.807) is 4.57 Å². The van der Waals surface area contributed by atoms with Crippen LogP contribution in [0.4, 0.5) is 0 Å². The third kappa shape index (κ3) is 10.3. The van der Waals surface area contributed by atoms with Crippen LogP contribution in [0, 0.1) is 23.7 Å². The summed E-state index contributed by atoms with van der Waals surface area (Å²) in [5, 5.41) is 10.1. The van der Waals surface area contributed by atoms with Crippen LogP contribution in [0.25, 0.3) is 22.1 Å². The van der Waals surface area contributed by atoms with Gasteiger partial charge in [-0.3, -0.25) is 13.9 Å². The molecule has 4 aromatic rings. The standard InChI is InChI=1S/C24H35N3O3.C22H33N3O2/c1-2-30-23(28)19-17-26(16-18-10-6-4-3-5-7-11-18)15-14-21(19)27-22-13-9-8-12-20(22)25-24(27)29;26-16-18-15-24(14-17-8-4-2-1-3-5-9-17)13-12-20(18)25-21-11-7-6-10-19(21)23-22(25)27/h8-9,12-13,18-19,21H,2-7,10-11,14-17H2,1H3,(H,25,29);6-7,10-11,17-18,20,26H,1-5,8-9,12-16H2,(H,23,27). The van der Waals surface area contributed by atoms with Crippen molar-refractivity contribution in [2.45, 2.75) is 122 Å². The normalized spacial score (nSPS) is 25.2. The summed E-state index contributed by atoms with van der Waals surface area (Å²) in [5.74, 6) is 1.15. The van der Waals surface area contributed by atoms with Gasteiger partial charge in [-0.2, -0.15) is 0 Å². The average Bonchev–Trinajstić information content (AvgIpc) is 3.71. The number of hydrogen-bond acceptors (Lipinski definition) is 7. The summed E-state index contributed by atoms with van der Waals surface area (Å²) >= 11 is 0. The van der Waals surface area contributed by atoms with Crippen LogP contribution < -0.4 is 11.4 Å². The highest BCUT2D eigenvalue weighted by Gasteiger charge is 2.39. The van der Waals surface area contributed by atoms with Crippen molar-refractivity contribution in [3.05, 3.63) is 69.5 Å². The van der Waals surface area contributed by atoms with Crippen molar-refractivity contribution >= 4 is 28.0 Å². The number of carbonyl (C=O) groups excluding carboxylic acids is 1. The molecule has 0 radical (unpaired) electrons. The van der Waals surface area contributed by atoms with Crippen LogP contribution in [-0.4, -0.2) is 92.5 Å². The van der Waals surface area contributed by atoms with Gasteiger partial charge in [0.25, 0.3) is 0 Å². The first kappa shape index (κ1) is 41.5. The lowest BCUT2D eigenvalue weighted by Crippen LogP contribution is -2.48. The molecule has 0 spiro atoms. The van der Waals surface area contributed by atoms with E-state index in [-0.39, 0.29) is 47.9 Å². The van der Waals surface area contributed by atoms with E-state index < -0.39 is 0 Å². The molecular formula is C46H68N6O5. The van der Waals surface area contributed by atoms with Crippen molar-refractivity contribution in [1.82, 2.24) is 28.9 Å². The molecule has 3 N–H and O–H groups in total. The number of esters is 1. The average molecular weight is 785 g/mol. The fraction of sp³-hybridized carbons (Fsp3) is 0.674. The minimum absolute atomic E-state index is 0.0480. The van der Waals surface area contributed by atoms with Crippen molar-refractivity contribution in [3.8, 4) is 0 Å². The maximum absolute atomic E-state index is 12.9. The zero-order valence-corrected chi connectivity index (χ0v) is 34.4. The maximum atomic E-state index is 12.9. The largest absolute Gasteiger partial charge is 0.466 e. The molecule has 11 heteroatoms. The summed E-state index contributed by atoms with van der Waals surface area (Å²) < 4.78 is 9.13. The van der Waals surface area contributed by atoms with Crippen LogP contribution in [0.15, 0.2) is 58.1 Å². The number of likely N-dealkylation sites (tertiary alicyclic amines) is 2. The molecule has 8 rings (SSSR count). The van der Waals surface area contributed by atoms with Gasteiger partial charge < -0.3 is 29.6 Å². The number of imidazole rings is 2. The number of nitrogens with zero attached hydrogens (tertiary/aromatic N) is 4. The Bertz CT molecular complexity index is 1960. The second-order valence-electron chi connectivity index (χ2n) is 17.6. The number of para-hydroxylation sites is 4. The smallest absolute Gasteiger partial charge is 0.326 e. The van der Waals surface area contributed by atoms with Gasteiger partial charge in [-0.1, -0.05) is 88.5 Å². The molecule has 11 nitrogen and oxygen atoms in total. The SMILES string of the molecule is CCOC(=O)C1CN(CC2CCCCCCC2)CCC1n1c(=O)[nH]c2ccccc21.O=c1[nH]c2ccccc2n1C1CCN(CC2CCCCCCC2)CC1CO. The Hall–Kier alpha value is -3.67. The zero-order valence-electron chi connectivity index (χ0n) is 34.4. The zero-order chi connectivity index (χ0) is 39.6. The number of aromatic nitrogens is 4. The van der Waals surface area contributed by atoms with Crippen LogP contribution in [0.1, 0.15) is 122 Å². The highest BCUT2D eigenvalue weighted by Crippen LogP contribution is 2.34. The van der Waals surface area contributed by atoms with Crippen molar-refractivity contribution in [2.75, 3.05) is 52.5 Å². The molecule has 4 heterocycles. The van der Waals surface area contributed by atoms with Crippen LogP contribution in [0.3, 0.4) is 0 Å². The Kier molecular flexibility index (Phi) is 14.8. The summed E-state index contributed by atoms with van der Waals surface area (Å²) in [6, 6.07) is 15.5. The number of H-pyrrole nitrogens is 2. The lowest BCUT2D eigenvalue weighted by molar-refractivity contribution is -0.152. The molecule has 0 amide bonds. The van der Waals surface area contributed by atoms with Crippen molar-refractivity contribution in [3.63, 3.8) is 0 Å². The summed E-state index contributed by atoms with van der Waals surface area (Å²) in [6.07, 6.45) is 20.7. The predicted molar refractivity (Wildman–Crippen MR) is 228 cm³/mol. The number of aliphatic hydroxyl groups excluding tert-OH is 1. The Morgan fingerprint density at radius 1 is 0.649 bits per heavy atom. The molecule has 4 unspecified atom stereocenters. The molecule has 4 atom stereocenters.